The summed E-state index contributed by atoms with van der Waals surface area (Å²) in [5.74, 6) is 1.20. The third kappa shape index (κ3) is 3.63. The van der Waals surface area contributed by atoms with Crippen LogP contribution in [-0.2, 0) is 4.79 Å². The monoisotopic (exact) mass is 382 g/mol. The minimum atomic E-state index is -0.152. The van der Waals surface area contributed by atoms with Crippen LogP contribution in [0.25, 0.3) is 11.0 Å². The number of hydrogen-bond donors (Lipinski definition) is 1. The number of piperazine rings is 1. The molecular weight excluding hydrogens is 360 g/mol. The van der Waals surface area contributed by atoms with E-state index in [9.17, 15) is 9.59 Å². The number of furan rings is 1. The van der Waals surface area contributed by atoms with Gasteiger partial charge < -0.3 is 19.2 Å². The number of fused-ring (bicyclic) bond motifs is 1. The summed E-state index contributed by atoms with van der Waals surface area (Å²) in [6, 6.07) is 9.32. The second-order valence-corrected chi connectivity index (χ2v) is 6.99. The fraction of sp³-hybridized carbons (Fsp3) is 0.350. The fourth-order valence-corrected chi connectivity index (χ4v) is 3.44. The maximum atomic E-state index is 12.9. The van der Waals surface area contributed by atoms with E-state index in [1.54, 1.807) is 17.9 Å². The van der Waals surface area contributed by atoms with E-state index in [2.05, 4.69) is 10.5 Å². The molecule has 1 saturated heterocycles. The number of benzene rings is 1. The van der Waals surface area contributed by atoms with E-state index >= 15 is 0 Å². The molecule has 2 aromatic heterocycles. The number of aromatic nitrogens is 1. The molecule has 1 fully saturated rings. The maximum Gasteiger partial charge on any atom is 0.289 e. The van der Waals surface area contributed by atoms with E-state index in [4.69, 9.17) is 8.94 Å². The van der Waals surface area contributed by atoms with Crippen LogP contribution in [0.3, 0.4) is 0 Å². The summed E-state index contributed by atoms with van der Waals surface area (Å²) in [6.45, 7) is 6.26. The van der Waals surface area contributed by atoms with Crippen LogP contribution in [0.2, 0.25) is 0 Å². The summed E-state index contributed by atoms with van der Waals surface area (Å²) in [7, 11) is 0. The first-order valence-corrected chi connectivity index (χ1v) is 9.24. The second-order valence-electron chi connectivity index (χ2n) is 6.99. The van der Waals surface area contributed by atoms with Gasteiger partial charge in [0.2, 0.25) is 5.91 Å². The Labute approximate surface area is 162 Å². The van der Waals surface area contributed by atoms with Crippen molar-refractivity contribution in [2.75, 3.05) is 38.0 Å². The SMILES string of the molecule is Cc1cc(NC(=O)CN2CCN(C(=O)c3oc4ccccc4c3C)CC2)no1. The van der Waals surface area contributed by atoms with Gasteiger partial charge in [0.05, 0.1) is 6.54 Å². The van der Waals surface area contributed by atoms with Gasteiger partial charge in [-0.2, -0.15) is 0 Å². The van der Waals surface area contributed by atoms with Crippen molar-refractivity contribution in [2.24, 2.45) is 0 Å². The van der Waals surface area contributed by atoms with Gasteiger partial charge >= 0.3 is 0 Å². The van der Waals surface area contributed by atoms with Gasteiger partial charge in [-0.3, -0.25) is 14.5 Å². The average molecular weight is 382 g/mol. The van der Waals surface area contributed by atoms with Crippen molar-refractivity contribution in [1.82, 2.24) is 15.0 Å². The molecule has 0 unspecified atom stereocenters. The lowest BCUT2D eigenvalue weighted by atomic mass is 10.1. The van der Waals surface area contributed by atoms with E-state index in [0.29, 0.717) is 43.5 Å². The molecule has 8 nitrogen and oxygen atoms in total. The van der Waals surface area contributed by atoms with Gasteiger partial charge in [0.25, 0.3) is 5.91 Å². The molecule has 3 aromatic rings. The van der Waals surface area contributed by atoms with E-state index in [-0.39, 0.29) is 18.4 Å². The molecule has 0 atom stereocenters. The number of carbonyl (C=O) groups excluding carboxylic acids is 2. The number of amides is 2. The van der Waals surface area contributed by atoms with Gasteiger partial charge in [0, 0.05) is 43.2 Å². The molecule has 8 heteroatoms. The van der Waals surface area contributed by atoms with Gasteiger partial charge in [0.1, 0.15) is 11.3 Å². The summed E-state index contributed by atoms with van der Waals surface area (Å²) in [6.07, 6.45) is 0. The number of anilines is 1. The molecule has 0 radical (unpaired) electrons. The van der Waals surface area contributed by atoms with E-state index in [1.807, 2.05) is 36.1 Å². The van der Waals surface area contributed by atoms with Crippen molar-refractivity contribution in [2.45, 2.75) is 13.8 Å². The van der Waals surface area contributed by atoms with E-state index < -0.39 is 0 Å². The Morgan fingerprint density at radius 1 is 1.14 bits per heavy atom. The number of para-hydroxylation sites is 1. The van der Waals surface area contributed by atoms with Gasteiger partial charge in [-0.1, -0.05) is 23.4 Å². The third-order valence-corrected chi connectivity index (χ3v) is 4.96. The molecular formula is C20H22N4O4. The fourth-order valence-electron chi connectivity index (χ4n) is 3.44. The Morgan fingerprint density at radius 3 is 2.57 bits per heavy atom. The molecule has 4 rings (SSSR count). The largest absolute Gasteiger partial charge is 0.451 e. The zero-order chi connectivity index (χ0) is 19.7. The minimum Gasteiger partial charge on any atom is -0.451 e. The van der Waals surface area contributed by atoms with Crippen LogP contribution >= 0.6 is 0 Å². The number of nitrogens with one attached hydrogen (secondary N) is 1. The Balaban J connectivity index is 1.33. The molecule has 28 heavy (non-hydrogen) atoms. The molecule has 0 bridgehead atoms. The Kier molecular flexibility index (Phi) is 4.87. The lowest BCUT2D eigenvalue weighted by molar-refractivity contribution is -0.117. The highest BCUT2D eigenvalue weighted by molar-refractivity contribution is 5.99. The van der Waals surface area contributed by atoms with Crippen molar-refractivity contribution in [3.05, 3.63) is 47.4 Å². The highest BCUT2D eigenvalue weighted by Gasteiger charge is 2.27. The first kappa shape index (κ1) is 18.2. The minimum absolute atomic E-state index is 0.101. The Morgan fingerprint density at radius 2 is 1.89 bits per heavy atom. The molecule has 3 heterocycles. The molecule has 1 N–H and O–H groups in total. The molecule has 0 aliphatic carbocycles. The zero-order valence-corrected chi connectivity index (χ0v) is 15.9. The number of carbonyl (C=O) groups is 2. The summed E-state index contributed by atoms with van der Waals surface area (Å²) in [5.41, 5.74) is 1.59. The molecule has 2 amide bonds. The number of aryl methyl sites for hydroxylation is 2. The van der Waals surface area contributed by atoms with Gasteiger partial charge in [-0.05, 0) is 19.9 Å². The van der Waals surface area contributed by atoms with Crippen molar-refractivity contribution in [1.29, 1.82) is 0 Å². The van der Waals surface area contributed by atoms with Crippen molar-refractivity contribution in [3.63, 3.8) is 0 Å². The predicted octanol–water partition coefficient (Wildman–Crippen LogP) is 2.43. The van der Waals surface area contributed by atoms with Crippen LogP contribution in [0, 0.1) is 13.8 Å². The van der Waals surface area contributed by atoms with Crippen LogP contribution in [0.15, 0.2) is 39.3 Å². The smallest absolute Gasteiger partial charge is 0.289 e. The molecule has 0 spiro atoms. The normalized spacial score (nSPS) is 15.1. The van der Waals surface area contributed by atoms with Gasteiger partial charge in [-0.25, -0.2) is 0 Å². The van der Waals surface area contributed by atoms with Crippen molar-refractivity contribution < 1.29 is 18.5 Å². The summed E-state index contributed by atoms with van der Waals surface area (Å²) >= 11 is 0. The summed E-state index contributed by atoms with van der Waals surface area (Å²) in [4.78, 5) is 28.8. The zero-order valence-electron chi connectivity index (χ0n) is 15.9. The highest BCUT2D eigenvalue weighted by atomic mass is 16.5. The third-order valence-electron chi connectivity index (χ3n) is 4.96. The number of rotatable bonds is 4. The lowest BCUT2D eigenvalue weighted by Gasteiger charge is -2.33. The van der Waals surface area contributed by atoms with Crippen LogP contribution in [-0.4, -0.2) is 59.5 Å². The predicted molar refractivity (Wildman–Crippen MR) is 103 cm³/mol. The Hall–Kier alpha value is -3.13. The topological polar surface area (TPSA) is 91.8 Å². The molecule has 0 saturated carbocycles. The molecule has 1 aliphatic heterocycles. The average Bonchev–Trinajstić information content (AvgIpc) is 3.25. The van der Waals surface area contributed by atoms with Crippen molar-refractivity contribution in [3.8, 4) is 0 Å². The summed E-state index contributed by atoms with van der Waals surface area (Å²) in [5, 5.41) is 7.43. The lowest BCUT2D eigenvalue weighted by Crippen LogP contribution is -2.50. The summed E-state index contributed by atoms with van der Waals surface area (Å²) < 4.78 is 10.7. The molecule has 1 aliphatic rings. The van der Waals surface area contributed by atoms with Crippen LogP contribution in [0.1, 0.15) is 21.9 Å². The number of hydrogen-bond acceptors (Lipinski definition) is 6. The van der Waals surface area contributed by atoms with Gasteiger partial charge in [-0.15, -0.1) is 0 Å². The first-order chi connectivity index (χ1) is 13.5. The highest BCUT2D eigenvalue weighted by Crippen LogP contribution is 2.26. The van der Waals surface area contributed by atoms with Crippen LogP contribution < -0.4 is 5.32 Å². The molecule has 1 aromatic carbocycles. The Bertz CT molecular complexity index is 1010. The van der Waals surface area contributed by atoms with Gasteiger partial charge in [0.15, 0.2) is 11.6 Å². The maximum absolute atomic E-state index is 12.9. The standard InChI is InChI=1S/C20H22N4O4/c1-13-11-17(22-28-13)21-18(25)12-23-7-9-24(10-8-23)20(26)19-14(2)15-5-3-4-6-16(15)27-19/h3-6,11H,7-10,12H2,1-2H3,(H,21,22,25). The van der Waals surface area contributed by atoms with E-state index in [1.165, 1.54) is 0 Å². The second kappa shape index (κ2) is 7.47. The first-order valence-electron chi connectivity index (χ1n) is 9.24. The van der Waals surface area contributed by atoms with Crippen LogP contribution in [0.5, 0.6) is 0 Å². The van der Waals surface area contributed by atoms with Crippen molar-refractivity contribution >= 4 is 28.6 Å². The number of nitrogens with zero attached hydrogens (tertiary/aromatic N) is 3. The quantitative estimate of drug-likeness (QED) is 0.745. The molecule has 146 valence electrons. The van der Waals surface area contributed by atoms with Crippen LogP contribution in [0.4, 0.5) is 5.82 Å². The van der Waals surface area contributed by atoms with E-state index in [0.717, 1.165) is 16.5 Å².